The summed E-state index contributed by atoms with van der Waals surface area (Å²) < 4.78 is 5.13. The Hall–Kier alpha value is -3.14. The van der Waals surface area contributed by atoms with Crippen LogP contribution in [0.1, 0.15) is 11.4 Å². The molecule has 0 spiro atoms. The number of H-pyrrole nitrogens is 1. The van der Waals surface area contributed by atoms with E-state index in [9.17, 15) is 4.79 Å². The van der Waals surface area contributed by atoms with Crippen LogP contribution < -0.4 is 10.3 Å². The molecule has 3 aromatic rings. The number of hydrogen-bond acceptors (Lipinski definition) is 3. The Morgan fingerprint density at radius 1 is 1.00 bits per heavy atom. The van der Waals surface area contributed by atoms with Gasteiger partial charge in [-0.25, -0.2) is 4.98 Å². The molecular weight excluding hydrogens is 288 g/mol. The van der Waals surface area contributed by atoms with Crippen molar-refractivity contribution in [2.24, 2.45) is 0 Å². The standard InChI is InChI=1S/C19H16N2O2/c1-23-16-10-7-14(8-11-16)9-12-18-20-17(13-19(22)21-18)15-5-3-2-4-6-15/h2-13H,1H3,(H,20,21,22). The van der Waals surface area contributed by atoms with Gasteiger partial charge in [0, 0.05) is 11.6 Å². The molecule has 1 heterocycles. The first-order valence-electron chi connectivity index (χ1n) is 7.23. The number of rotatable bonds is 4. The van der Waals surface area contributed by atoms with Crippen LogP contribution in [0.5, 0.6) is 5.75 Å². The van der Waals surface area contributed by atoms with Crippen molar-refractivity contribution in [3.63, 3.8) is 0 Å². The molecule has 1 N–H and O–H groups in total. The predicted molar refractivity (Wildman–Crippen MR) is 92.2 cm³/mol. The van der Waals surface area contributed by atoms with E-state index in [1.54, 1.807) is 13.2 Å². The Labute approximate surface area is 134 Å². The normalized spacial score (nSPS) is 10.8. The Morgan fingerprint density at radius 3 is 2.43 bits per heavy atom. The van der Waals surface area contributed by atoms with Crippen molar-refractivity contribution in [3.8, 4) is 17.0 Å². The van der Waals surface area contributed by atoms with Gasteiger partial charge in [-0.1, -0.05) is 48.5 Å². The molecule has 0 amide bonds. The Morgan fingerprint density at radius 2 is 1.74 bits per heavy atom. The molecule has 3 rings (SSSR count). The molecule has 0 saturated carbocycles. The SMILES string of the molecule is COc1ccc(C=Cc2nc(-c3ccccc3)cc(=O)[nH]2)cc1. The molecule has 0 aliphatic heterocycles. The number of aromatic nitrogens is 2. The Kier molecular flexibility index (Phi) is 4.34. The molecule has 0 bridgehead atoms. The van der Waals surface area contributed by atoms with Crippen molar-refractivity contribution in [1.82, 2.24) is 9.97 Å². The zero-order valence-electron chi connectivity index (χ0n) is 12.7. The van der Waals surface area contributed by atoms with Gasteiger partial charge in [0.15, 0.2) is 0 Å². The van der Waals surface area contributed by atoms with Crippen LogP contribution in [0.4, 0.5) is 0 Å². The molecule has 0 aliphatic rings. The number of aromatic amines is 1. The average molecular weight is 304 g/mol. The van der Waals surface area contributed by atoms with Gasteiger partial charge in [0.1, 0.15) is 11.6 Å². The Balaban J connectivity index is 1.89. The number of nitrogens with zero attached hydrogens (tertiary/aromatic N) is 1. The minimum atomic E-state index is -0.173. The summed E-state index contributed by atoms with van der Waals surface area (Å²) in [6.45, 7) is 0. The minimum Gasteiger partial charge on any atom is -0.497 e. The van der Waals surface area contributed by atoms with Crippen LogP contribution in [0.25, 0.3) is 23.4 Å². The molecular formula is C19H16N2O2. The van der Waals surface area contributed by atoms with E-state index >= 15 is 0 Å². The number of hydrogen-bond donors (Lipinski definition) is 1. The van der Waals surface area contributed by atoms with E-state index in [1.165, 1.54) is 6.07 Å². The van der Waals surface area contributed by atoms with Gasteiger partial charge in [-0.15, -0.1) is 0 Å². The van der Waals surface area contributed by atoms with E-state index in [0.717, 1.165) is 16.9 Å². The molecule has 23 heavy (non-hydrogen) atoms. The van der Waals surface area contributed by atoms with Crippen LogP contribution in [-0.2, 0) is 0 Å². The first kappa shape index (κ1) is 14.8. The number of ether oxygens (including phenoxy) is 1. The highest BCUT2D eigenvalue weighted by molar-refractivity contribution is 5.68. The fourth-order valence-corrected chi connectivity index (χ4v) is 2.20. The van der Waals surface area contributed by atoms with Crippen molar-refractivity contribution in [1.29, 1.82) is 0 Å². The fourth-order valence-electron chi connectivity index (χ4n) is 2.20. The zero-order valence-corrected chi connectivity index (χ0v) is 12.7. The average Bonchev–Trinajstić information content (AvgIpc) is 2.61. The molecule has 4 nitrogen and oxygen atoms in total. The maximum absolute atomic E-state index is 11.8. The van der Waals surface area contributed by atoms with Crippen LogP contribution in [0.3, 0.4) is 0 Å². The van der Waals surface area contributed by atoms with Crippen molar-refractivity contribution in [3.05, 3.63) is 82.4 Å². The van der Waals surface area contributed by atoms with Crippen molar-refractivity contribution >= 4 is 12.2 Å². The number of nitrogens with one attached hydrogen (secondary N) is 1. The third-order valence-electron chi connectivity index (χ3n) is 3.38. The van der Waals surface area contributed by atoms with Gasteiger partial charge < -0.3 is 9.72 Å². The van der Waals surface area contributed by atoms with Crippen LogP contribution >= 0.6 is 0 Å². The summed E-state index contributed by atoms with van der Waals surface area (Å²) >= 11 is 0. The summed E-state index contributed by atoms with van der Waals surface area (Å²) in [4.78, 5) is 19.1. The van der Waals surface area contributed by atoms with Gasteiger partial charge in [0.2, 0.25) is 0 Å². The maximum Gasteiger partial charge on any atom is 0.251 e. The van der Waals surface area contributed by atoms with Crippen LogP contribution in [-0.4, -0.2) is 17.1 Å². The summed E-state index contributed by atoms with van der Waals surface area (Å²) in [6.07, 6.45) is 3.68. The third kappa shape index (κ3) is 3.74. The lowest BCUT2D eigenvalue weighted by atomic mass is 10.1. The maximum atomic E-state index is 11.8. The number of benzene rings is 2. The molecule has 114 valence electrons. The van der Waals surface area contributed by atoms with Crippen LogP contribution in [0, 0.1) is 0 Å². The van der Waals surface area contributed by atoms with Gasteiger partial charge in [0.05, 0.1) is 12.8 Å². The van der Waals surface area contributed by atoms with Gasteiger partial charge in [-0.05, 0) is 23.8 Å². The second-order valence-corrected chi connectivity index (χ2v) is 4.99. The molecule has 2 aromatic carbocycles. The third-order valence-corrected chi connectivity index (χ3v) is 3.38. The molecule has 0 unspecified atom stereocenters. The highest BCUT2D eigenvalue weighted by Crippen LogP contribution is 2.16. The molecule has 0 radical (unpaired) electrons. The summed E-state index contributed by atoms with van der Waals surface area (Å²) in [5, 5.41) is 0. The highest BCUT2D eigenvalue weighted by atomic mass is 16.5. The minimum absolute atomic E-state index is 0.173. The fraction of sp³-hybridized carbons (Fsp3) is 0.0526. The predicted octanol–water partition coefficient (Wildman–Crippen LogP) is 3.62. The molecule has 0 saturated heterocycles. The van der Waals surface area contributed by atoms with Crippen molar-refractivity contribution in [2.75, 3.05) is 7.11 Å². The van der Waals surface area contributed by atoms with E-state index < -0.39 is 0 Å². The summed E-state index contributed by atoms with van der Waals surface area (Å²) in [5.41, 5.74) is 2.40. The van der Waals surface area contributed by atoms with Gasteiger partial charge in [0.25, 0.3) is 5.56 Å². The smallest absolute Gasteiger partial charge is 0.251 e. The second kappa shape index (κ2) is 6.75. The van der Waals surface area contributed by atoms with Crippen molar-refractivity contribution in [2.45, 2.75) is 0 Å². The van der Waals surface area contributed by atoms with E-state index in [1.807, 2.05) is 60.7 Å². The van der Waals surface area contributed by atoms with E-state index in [0.29, 0.717) is 11.5 Å². The van der Waals surface area contributed by atoms with Crippen LogP contribution in [0.15, 0.2) is 65.5 Å². The van der Waals surface area contributed by atoms with Gasteiger partial charge >= 0.3 is 0 Å². The monoisotopic (exact) mass is 304 g/mol. The van der Waals surface area contributed by atoms with E-state index in [2.05, 4.69) is 9.97 Å². The number of methoxy groups -OCH3 is 1. The Bertz CT molecular complexity index is 866. The molecule has 0 atom stereocenters. The van der Waals surface area contributed by atoms with Crippen LogP contribution in [0.2, 0.25) is 0 Å². The summed E-state index contributed by atoms with van der Waals surface area (Å²) in [7, 11) is 1.63. The second-order valence-electron chi connectivity index (χ2n) is 4.99. The largest absolute Gasteiger partial charge is 0.497 e. The lowest BCUT2D eigenvalue weighted by Crippen LogP contribution is -2.08. The summed E-state index contributed by atoms with van der Waals surface area (Å²) in [5.74, 6) is 1.33. The highest BCUT2D eigenvalue weighted by Gasteiger charge is 2.01. The zero-order chi connectivity index (χ0) is 16.1. The molecule has 0 aliphatic carbocycles. The van der Waals surface area contributed by atoms with Gasteiger partial charge in [-0.3, -0.25) is 4.79 Å². The van der Waals surface area contributed by atoms with Gasteiger partial charge in [-0.2, -0.15) is 0 Å². The summed E-state index contributed by atoms with van der Waals surface area (Å²) in [6, 6.07) is 18.8. The lowest BCUT2D eigenvalue weighted by Gasteiger charge is -2.02. The van der Waals surface area contributed by atoms with E-state index in [-0.39, 0.29) is 5.56 Å². The topological polar surface area (TPSA) is 55.0 Å². The first-order chi connectivity index (χ1) is 11.2. The van der Waals surface area contributed by atoms with E-state index in [4.69, 9.17) is 4.74 Å². The molecule has 1 aromatic heterocycles. The first-order valence-corrected chi connectivity index (χ1v) is 7.23. The molecule has 0 fully saturated rings. The lowest BCUT2D eigenvalue weighted by molar-refractivity contribution is 0.415. The van der Waals surface area contributed by atoms with Crippen molar-refractivity contribution < 1.29 is 4.74 Å². The molecule has 4 heteroatoms. The quantitative estimate of drug-likeness (QED) is 0.801.